The quantitative estimate of drug-likeness (QED) is 0.875. The predicted octanol–water partition coefficient (Wildman–Crippen LogP) is 2.58. The minimum atomic E-state index is 0.219. The van der Waals surface area contributed by atoms with Crippen molar-refractivity contribution < 1.29 is 4.79 Å². The molecule has 2 atom stereocenters. The van der Waals surface area contributed by atoms with Crippen LogP contribution in [0.5, 0.6) is 0 Å². The molecule has 2 rings (SSSR count). The Kier molecular flexibility index (Phi) is 3.82. The van der Waals surface area contributed by atoms with Crippen LogP contribution in [0.15, 0.2) is 5.38 Å². The summed E-state index contributed by atoms with van der Waals surface area (Å²) in [7, 11) is 0. The summed E-state index contributed by atoms with van der Waals surface area (Å²) in [6.07, 6.45) is 1.90. The molecule has 3 nitrogen and oxygen atoms in total. The molecule has 0 bridgehead atoms. The van der Waals surface area contributed by atoms with Crippen molar-refractivity contribution in [1.29, 1.82) is 0 Å². The first-order valence-corrected chi connectivity index (χ1v) is 7.18. The smallest absolute Gasteiger partial charge is 0.223 e. The van der Waals surface area contributed by atoms with Gasteiger partial charge in [0.1, 0.15) is 0 Å². The number of nitrogens with one attached hydrogen (secondary N) is 1. The zero-order chi connectivity index (χ0) is 12.4. The molecule has 1 N–H and O–H groups in total. The molecular weight excluding hydrogens is 232 g/mol. The lowest BCUT2D eigenvalue weighted by atomic mass is 10.2. The van der Waals surface area contributed by atoms with E-state index >= 15 is 0 Å². The number of amides is 1. The van der Waals surface area contributed by atoms with E-state index in [1.54, 1.807) is 11.3 Å². The van der Waals surface area contributed by atoms with Crippen molar-refractivity contribution >= 4 is 17.2 Å². The van der Waals surface area contributed by atoms with Gasteiger partial charge in [-0.3, -0.25) is 4.79 Å². The molecule has 1 aromatic heterocycles. The summed E-state index contributed by atoms with van der Waals surface area (Å²) >= 11 is 1.71. The molecule has 1 heterocycles. The van der Waals surface area contributed by atoms with E-state index in [1.807, 2.05) is 0 Å². The molecule has 1 saturated carbocycles. The number of thiazole rings is 1. The summed E-state index contributed by atoms with van der Waals surface area (Å²) in [5.74, 6) is 1.57. The van der Waals surface area contributed by atoms with Gasteiger partial charge >= 0.3 is 0 Å². The Morgan fingerprint density at radius 3 is 2.88 bits per heavy atom. The Morgan fingerprint density at radius 1 is 1.65 bits per heavy atom. The molecule has 17 heavy (non-hydrogen) atoms. The van der Waals surface area contributed by atoms with E-state index in [0.29, 0.717) is 18.4 Å². The normalized spacial score (nSPS) is 22.8. The van der Waals surface area contributed by atoms with Gasteiger partial charge in [0, 0.05) is 30.2 Å². The monoisotopic (exact) mass is 252 g/mol. The predicted molar refractivity (Wildman–Crippen MR) is 70.2 cm³/mol. The lowest BCUT2D eigenvalue weighted by Gasteiger charge is -2.02. The third kappa shape index (κ3) is 3.28. The molecule has 94 valence electrons. The fourth-order valence-corrected chi connectivity index (χ4v) is 2.70. The van der Waals surface area contributed by atoms with Gasteiger partial charge in [-0.25, -0.2) is 4.98 Å². The van der Waals surface area contributed by atoms with Crippen LogP contribution in [-0.2, 0) is 11.2 Å². The Labute approximate surface area is 107 Å². The van der Waals surface area contributed by atoms with Crippen LogP contribution in [0.25, 0.3) is 0 Å². The molecule has 0 aromatic carbocycles. The highest BCUT2D eigenvalue weighted by Gasteiger charge is 2.38. The molecule has 1 fully saturated rings. The maximum Gasteiger partial charge on any atom is 0.223 e. The van der Waals surface area contributed by atoms with Crippen molar-refractivity contribution in [2.75, 3.05) is 6.54 Å². The summed E-state index contributed by atoms with van der Waals surface area (Å²) in [5.41, 5.74) is 1.10. The Hall–Kier alpha value is -0.900. The van der Waals surface area contributed by atoms with Crippen LogP contribution in [0.1, 0.15) is 43.8 Å². The van der Waals surface area contributed by atoms with Crippen molar-refractivity contribution in [3.63, 3.8) is 0 Å². The summed E-state index contributed by atoms with van der Waals surface area (Å²) < 4.78 is 0. The molecule has 0 saturated heterocycles. The third-order valence-corrected chi connectivity index (χ3v) is 4.38. The molecule has 1 aliphatic rings. The van der Waals surface area contributed by atoms with Gasteiger partial charge in [-0.15, -0.1) is 11.3 Å². The third-order valence-electron chi connectivity index (χ3n) is 3.19. The van der Waals surface area contributed by atoms with Gasteiger partial charge in [-0.05, 0) is 12.3 Å². The number of carbonyl (C=O) groups is 1. The van der Waals surface area contributed by atoms with Crippen LogP contribution < -0.4 is 5.32 Å². The van der Waals surface area contributed by atoms with Crippen molar-refractivity contribution in [3.8, 4) is 0 Å². The first-order chi connectivity index (χ1) is 8.08. The first-order valence-electron chi connectivity index (χ1n) is 6.30. The van der Waals surface area contributed by atoms with Gasteiger partial charge < -0.3 is 5.32 Å². The van der Waals surface area contributed by atoms with E-state index < -0.39 is 0 Å². The van der Waals surface area contributed by atoms with Crippen LogP contribution in [0, 0.1) is 11.8 Å². The van der Waals surface area contributed by atoms with E-state index in [-0.39, 0.29) is 11.8 Å². The SMILES string of the molecule is CC(C)c1nc(CCNC(=O)[C@H]2C[C@H]2C)cs1. The van der Waals surface area contributed by atoms with Gasteiger partial charge in [0.05, 0.1) is 10.7 Å². The van der Waals surface area contributed by atoms with E-state index in [0.717, 1.165) is 18.5 Å². The highest BCUT2D eigenvalue weighted by Crippen LogP contribution is 2.37. The van der Waals surface area contributed by atoms with Crippen molar-refractivity contribution in [2.45, 2.75) is 39.5 Å². The van der Waals surface area contributed by atoms with Gasteiger partial charge in [0.2, 0.25) is 5.91 Å². The number of hydrogen-bond donors (Lipinski definition) is 1. The van der Waals surface area contributed by atoms with Gasteiger partial charge in [0.25, 0.3) is 0 Å². The average molecular weight is 252 g/mol. The number of nitrogens with zero attached hydrogens (tertiary/aromatic N) is 1. The molecular formula is C13H20N2OS. The Balaban J connectivity index is 1.72. The van der Waals surface area contributed by atoms with Crippen molar-refractivity contribution in [1.82, 2.24) is 10.3 Å². The first kappa shape index (κ1) is 12.6. The lowest BCUT2D eigenvalue weighted by molar-refractivity contribution is -0.122. The summed E-state index contributed by atoms with van der Waals surface area (Å²) in [6, 6.07) is 0. The van der Waals surface area contributed by atoms with Crippen LogP contribution in [-0.4, -0.2) is 17.4 Å². The maximum atomic E-state index is 11.6. The number of aromatic nitrogens is 1. The minimum absolute atomic E-state index is 0.219. The van der Waals surface area contributed by atoms with E-state index in [2.05, 4.69) is 36.5 Å². The molecule has 0 spiro atoms. The van der Waals surface area contributed by atoms with Crippen LogP contribution >= 0.6 is 11.3 Å². The number of hydrogen-bond acceptors (Lipinski definition) is 3. The summed E-state index contributed by atoms with van der Waals surface area (Å²) in [4.78, 5) is 16.1. The highest BCUT2D eigenvalue weighted by atomic mass is 32.1. The van der Waals surface area contributed by atoms with Crippen molar-refractivity contribution in [3.05, 3.63) is 16.1 Å². The lowest BCUT2D eigenvalue weighted by Crippen LogP contribution is -2.27. The topological polar surface area (TPSA) is 42.0 Å². The van der Waals surface area contributed by atoms with Gasteiger partial charge in [0.15, 0.2) is 0 Å². The van der Waals surface area contributed by atoms with Crippen LogP contribution in [0.2, 0.25) is 0 Å². The second-order valence-electron chi connectivity index (χ2n) is 5.19. The molecule has 1 amide bonds. The summed E-state index contributed by atoms with van der Waals surface area (Å²) in [6.45, 7) is 7.14. The molecule has 0 radical (unpaired) electrons. The number of rotatable bonds is 5. The van der Waals surface area contributed by atoms with Gasteiger partial charge in [-0.2, -0.15) is 0 Å². The van der Waals surface area contributed by atoms with Crippen LogP contribution in [0.3, 0.4) is 0 Å². The molecule has 0 unspecified atom stereocenters. The number of carbonyl (C=O) groups excluding carboxylic acids is 1. The largest absolute Gasteiger partial charge is 0.355 e. The van der Waals surface area contributed by atoms with E-state index in [1.165, 1.54) is 5.01 Å². The minimum Gasteiger partial charge on any atom is -0.355 e. The molecule has 4 heteroatoms. The molecule has 0 aliphatic heterocycles. The zero-order valence-corrected chi connectivity index (χ0v) is 11.5. The molecule has 1 aliphatic carbocycles. The Morgan fingerprint density at radius 2 is 2.35 bits per heavy atom. The maximum absolute atomic E-state index is 11.6. The Bertz CT molecular complexity index is 400. The van der Waals surface area contributed by atoms with E-state index in [9.17, 15) is 4.79 Å². The highest BCUT2D eigenvalue weighted by molar-refractivity contribution is 7.09. The standard InChI is InChI=1S/C13H20N2OS/c1-8(2)13-15-10(7-17-13)4-5-14-12(16)11-6-9(11)3/h7-9,11H,4-6H2,1-3H3,(H,14,16)/t9-,11+/m1/s1. The molecule has 1 aromatic rings. The second-order valence-corrected chi connectivity index (χ2v) is 6.08. The second kappa shape index (κ2) is 5.17. The fourth-order valence-electron chi connectivity index (χ4n) is 1.83. The zero-order valence-electron chi connectivity index (χ0n) is 10.7. The average Bonchev–Trinajstić information content (AvgIpc) is 2.82. The van der Waals surface area contributed by atoms with Crippen molar-refractivity contribution in [2.24, 2.45) is 11.8 Å². The van der Waals surface area contributed by atoms with Gasteiger partial charge in [-0.1, -0.05) is 20.8 Å². The van der Waals surface area contributed by atoms with Crippen LogP contribution in [0.4, 0.5) is 0 Å². The summed E-state index contributed by atoms with van der Waals surface area (Å²) in [5, 5.41) is 6.27. The van der Waals surface area contributed by atoms with E-state index in [4.69, 9.17) is 0 Å². The fraction of sp³-hybridized carbons (Fsp3) is 0.692.